The molecule has 0 radical (unpaired) electrons. The maximum absolute atomic E-state index is 13.2. The van der Waals surface area contributed by atoms with E-state index >= 15 is 0 Å². The molecule has 0 amide bonds. The molecular formula is C16H12Cl2FN5. The van der Waals surface area contributed by atoms with Crippen LogP contribution in [0.3, 0.4) is 0 Å². The molecule has 122 valence electrons. The van der Waals surface area contributed by atoms with Gasteiger partial charge in [-0.05, 0) is 42.5 Å². The van der Waals surface area contributed by atoms with Crippen molar-refractivity contribution in [1.82, 2.24) is 9.97 Å². The number of nitrogen functional groups attached to an aromatic ring is 1. The highest BCUT2D eigenvalue weighted by atomic mass is 35.5. The van der Waals surface area contributed by atoms with Crippen LogP contribution in [-0.2, 0) is 0 Å². The molecule has 1 heterocycles. The lowest BCUT2D eigenvalue weighted by Gasteiger charge is -2.13. The van der Waals surface area contributed by atoms with Crippen LogP contribution in [0.1, 0.15) is 0 Å². The molecule has 0 spiro atoms. The summed E-state index contributed by atoms with van der Waals surface area (Å²) >= 11 is 11.6. The molecule has 0 saturated heterocycles. The fourth-order valence-corrected chi connectivity index (χ4v) is 2.28. The van der Waals surface area contributed by atoms with Gasteiger partial charge in [0, 0.05) is 16.4 Å². The molecule has 0 bridgehead atoms. The van der Waals surface area contributed by atoms with E-state index in [0.717, 1.165) is 5.69 Å². The van der Waals surface area contributed by atoms with Crippen LogP contribution in [0.15, 0.2) is 48.8 Å². The molecule has 0 aliphatic heterocycles. The van der Waals surface area contributed by atoms with Crippen molar-refractivity contribution in [3.8, 4) is 0 Å². The number of rotatable bonds is 4. The average molecular weight is 364 g/mol. The summed E-state index contributed by atoms with van der Waals surface area (Å²) in [5.41, 5.74) is 7.74. The number of aromatic nitrogens is 2. The van der Waals surface area contributed by atoms with E-state index in [0.29, 0.717) is 28.0 Å². The summed E-state index contributed by atoms with van der Waals surface area (Å²) in [5.74, 6) is 0.315. The van der Waals surface area contributed by atoms with Gasteiger partial charge in [-0.2, -0.15) is 0 Å². The van der Waals surface area contributed by atoms with Crippen molar-refractivity contribution >= 4 is 51.9 Å². The molecule has 0 saturated carbocycles. The Labute approximate surface area is 147 Å². The standard InChI is InChI=1S/C16H12Cl2FN5/c17-9-1-3-10(4-2-9)23-15-14(20)16(22-8-21-15)24-11-5-6-13(19)12(18)7-11/h1-8H,20H2,(H2,21,22,23,24). The summed E-state index contributed by atoms with van der Waals surface area (Å²) in [5, 5.41) is 6.71. The van der Waals surface area contributed by atoms with E-state index in [4.69, 9.17) is 28.9 Å². The minimum atomic E-state index is -0.497. The van der Waals surface area contributed by atoms with E-state index in [-0.39, 0.29) is 5.02 Å². The molecule has 3 aromatic rings. The number of nitrogens with zero attached hydrogens (tertiary/aromatic N) is 2. The SMILES string of the molecule is Nc1c(Nc2ccc(Cl)cc2)ncnc1Nc1ccc(F)c(Cl)c1. The number of anilines is 5. The van der Waals surface area contributed by atoms with Gasteiger partial charge in [0.25, 0.3) is 0 Å². The van der Waals surface area contributed by atoms with E-state index in [2.05, 4.69) is 20.6 Å². The molecule has 2 aromatic carbocycles. The minimum absolute atomic E-state index is 0.00661. The van der Waals surface area contributed by atoms with E-state index in [9.17, 15) is 4.39 Å². The third-order valence-electron chi connectivity index (χ3n) is 3.17. The zero-order valence-electron chi connectivity index (χ0n) is 12.2. The number of benzene rings is 2. The van der Waals surface area contributed by atoms with Crippen LogP contribution < -0.4 is 16.4 Å². The van der Waals surface area contributed by atoms with Crippen LogP contribution in [0.2, 0.25) is 10.0 Å². The van der Waals surface area contributed by atoms with Crippen LogP contribution in [0.25, 0.3) is 0 Å². The Hall–Kier alpha value is -2.57. The summed E-state index contributed by atoms with van der Waals surface area (Å²) in [6.07, 6.45) is 1.36. The van der Waals surface area contributed by atoms with Crippen molar-refractivity contribution in [3.05, 3.63) is 64.7 Å². The second kappa shape index (κ2) is 6.90. The number of nitrogens with one attached hydrogen (secondary N) is 2. The Balaban J connectivity index is 1.84. The Morgan fingerprint density at radius 1 is 0.875 bits per heavy atom. The van der Waals surface area contributed by atoms with Crippen molar-refractivity contribution in [2.75, 3.05) is 16.4 Å². The van der Waals surface area contributed by atoms with E-state index in [1.54, 1.807) is 24.3 Å². The third-order valence-corrected chi connectivity index (χ3v) is 3.71. The highest BCUT2D eigenvalue weighted by molar-refractivity contribution is 6.31. The van der Waals surface area contributed by atoms with E-state index in [1.807, 2.05) is 0 Å². The third kappa shape index (κ3) is 3.67. The van der Waals surface area contributed by atoms with Crippen LogP contribution >= 0.6 is 23.2 Å². The fraction of sp³-hybridized carbons (Fsp3) is 0. The van der Waals surface area contributed by atoms with Crippen molar-refractivity contribution in [2.24, 2.45) is 0 Å². The molecule has 1 aromatic heterocycles. The summed E-state index contributed by atoms with van der Waals surface area (Å²) in [6.45, 7) is 0. The highest BCUT2D eigenvalue weighted by Gasteiger charge is 2.10. The fourth-order valence-electron chi connectivity index (χ4n) is 1.98. The van der Waals surface area contributed by atoms with Crippen LogP contribution in [0, 0.1) is 5.82 Å². The second-order valence-electron chi connectivity index (χ2n) is 4.87. The van der Waals surface area contributed by atoms with Gasteiger partial charge in [-0.15, -0.1) is 0 Å². The summed E-state index contributed by atoms with van der Waals surface area (Å²) in [7, 11) is 0. The zero-order valence-corrected chi connectivity index (χ0v) is 13.7. The van der Waals surface area contributed by atoms with Crippen molar-refractivity contribution in [3.63, 3.8) is 0 Å². The monoisotopic (exact) mass is 363 g/mol. The molecule has 0 atom stereocenters. The van der Waals surface area contributed by atoms with Gasteiger partial charge in [0.05, 0.1) is 5.02 Å². The Bertz CT molecular complexity index is 871. The molecule has 4 N–H and O–H groups in total. The lowest BCUT2D eigenvalue weighted by atomic mass is 10.3. The van der Waals surface area contributed by atoms with Crippen LogP contribution in [0.5, 0.6) is 0 Å². The molecule has 0 aliphatic rings. The quantitative estimate of drug-likeness (QED) is 0.608. The lowest BCUT2D eigenvalue weighted by Crippen LogP contribution is -2.05. The van der Waals surface area contributed by atoms with Crippen molar-refractivity contribution < 1.29 is 4.39 Å². The van der Waals surface area contributed by atoms with Gasteiger partial charge < -0.3 is 16.4 Å². The molecule has 8 heteroatoms. The molecule has 0 aliphatic carbocycles. The largest absolute Gasteiger partial charge is 0.393 e. The Kier molecular flexibility index (Phi) is 4.69. The predicted molar refractivity (Wildman–Crippen MR) is 95.9 cm³/mol. The van der Waals surface area contributed by atoms with Gasteiger partial charge in [-0.1, -0.05) is 23.2 Å². The first-order chi connectivity index (χ1) is 11.5. The first-order valence-corrected chi connectivity index (χ1v) is 7.63. The molecular weight excluding hydrogens is 352 g/mol. The van der Waals surface area contributed by atoms with Gasteiger partial charge >= 0.3 is 0 Å². The molecule has 3 rings (SSSR count). The van der Waals surface area contributed by atoms with Crippen LogP contribution in [-0.4, -0.2) is 9.97 Å². The summed E-state index contributed by atoms with van der Waals surface area (Å²) in [6, 6.07) is 11.4. The van der Waals surface area contributed by atoms with Gasteiger partial charge in [0.1, 0.15) is 17.8 Å². The average Bonchev–Trinajstić information content (AvgIpc) is 2.57. The second-order valence-corrected chi connectivity index (χ2v) is 5.71. The van der Waals surface area contributed by atoms with Gasteiger partial charge in [0.15, 0.2) is 11.6 Å². The maximum Gasteiger partial charge on any atom is 0.159 e. The van der Waals surface area contributed by atoms with Crippen LogP contribution in [0.4, 0.5) is 33.1 Å². The van der Waals surface area contributed by atoms with Gasteiger partial charge in [0.2, 0.25) is 0 Å². The summed E-state index contributed by atoms with van der Waals surface area (Å²) in [4.78, 5) is 8.22. The summed E-state index contributed by atoms with van der Waals surface area (Å²) < 4.78 is 13.2. The number of halogens is 3. The highest BCUT2D eigenvalue weighted by Crippen LogP contribution is 2.29. The van der Waals surface area contributed by atoms with E-state index < -0.39 is 5.82 Å². The Morgan fingerprint density at radius 3 is 2.08 bits per heavy atom. The van der Waals surface area contributed by atoms with E-state index in [1.165, 1.54) is 24.5 Å². The lowest BCUT2D eigenvalue weighted by molar-refractivity contribution is 0.628. The first kappa shape index (κ1) is 16.3. The topological polar surface area (TPSA) is 75.9 Å². The minimum Gasteiger partial charge on any atom is -0.393 e. The zero-order chi connectivity index (χ0) is 17.1. The Morgan fingerprint density at radius 2 is 1.46 bits per heavy atom. The first-order valence-electron chi connectivity index (χ1n) is 6.88. The maximum atomic E-state index is 13.2. The molecule has 0 fully saturated rings. The van der Waals surface area contributed by atoms with Crippen molar-refractivity contribution in [1.29, 1.82) is 0 Å². The normalized spacial score (nSPS) is 10.5. The number of hydrogen-bond acceptors (Lipinski definition) is 5. The smallest absolute Gasteiger partial charge is 0.159 e. The number of nitrogens with two attached hydrogens (primary N) is 1. The molecule has 0 unspecified atom stereocenters. The molecule has 5 nitrogen and oxygen atoms in total. The predicted octanol–water partition coefficient (Wildman–Crippen LogP) is 4.99. The van der Waals surface area contributed by atoms with Crippen molar-refractivity contribution in [2.45, 2.75) is 0 Å². The number of hydrogen-bond donors (Lipinski definition) is 3. The van der Waals surface area contributed by atoms with Gasteiger partial charge in [-0.25, -0.2) is 14.4 Å². The molecule has 24 heavy (non-hydrogen) atoms. The van der Waals surface area contributed by atoms with Gasteiger partial charge in [-0.3, -0.25) is 0 Å².